The summed E-state index contributed by atoms with van der Waals surface area (Å²) in [6.07, 6.45) is 1.86. The van der Waals surface area contributed by atoms with Gasteiger partial charge in [-0.3, -0.25) is 20.4 Å². The Kier molecular flexibility index (Phi) is 5.38. The Morgan fingerprint density at radius 1 is 1.12 bits per heavy atom. The normalized spacial score (nSPS) is 10.5. The van der Waals surface area contributed by atoms with Crippen LogP contribution in [-0.2, 0) is 16.0 Å². The maximum Gasteiger partial charge on any atom is 0.276 e. The van der Waals surface area contributed by atoms with Gasteiger partial charge in [-0.15, -0.1) is 0 Å². The highest BCUT2D eigenvalue weighted by atomic mass is 35.5. The van der Waals surface area contributed by atoms with Crippen molar-refractivity contribution in [2.24, 2.45) is 0 Å². The first-order chi connectivity index (χ1) is 12.5. The van der Waals surface area contributed by atoms with E-state index in [1.165, 1.54) is 12.1 Å². The number of nitrogens with one attached hydrogen (secondary N) is 3. The van der Waals surface area contributed by atoms with Crippen molar-refractivity contribution in [2.45, 2.75) is 6.42 Å². The summed E-state index contributed by atoms with van der Waals surface area (Å²) in [4.78, 5) is 26.8. The van der Waals surface area contributed by atoms with E-state index in [1.807, 2.05) is 24.3 Å². The fourth-order valence-electron chi connectivity index (χ4n) is 2.41. The van der Waals surface area contributed by atoms with Gasteiger partial charge in [-0.1, -0.05) is 29.8 Å². The average molecular weight is 376 g/mol. The van der Waals surface area contributed by atoms with Gasteiger partial charge in [0, 0.05) is 17.1 Å². The van der Waals surface area contributed by atoms with Gasteiger partial charge in [0.2, 0.25) is 5.91 Å². The standard InChI is InChI=1S/C18H15ClFN3O3/c19-14-8-12(20)5-6-16(14)26-10-18(25)23-22-17(24)7-11-9-21-15-4-2-1-3-13(11)15/h1-6,8-9,21H,7,10H2,(H,22,24)(H,23,25). The number of carbonyl (C=O) groups is 2. The maximum atomic E-state index is 12.9. The monoisotopic (exact) mass is 375 g/mol. The SMILES string of the molecule is O=C(COc1ccc(F)cc1Cl)NNC(=O)Cc1c[nH]c2ccccc12. The first-order valence-electron chi connectivity index (χ1n) is 7.73. The van der Waals surface area contributed by atoms with E-state index in [2.05, 4.69) is 15.8 Å². The molecule has 134 valence electrons. The highest BCUT2D eigenvalue weighted by molar-refractivity contribution is 6.32. The number of aromatic amines is 1. The molecule has 0 aliphatic heterocycles. The Hall–Kier alpha value is -3.06. The minimum atomic E-state index is -0.572. The van der Waals surface area contributed by atoms with E-state index in [9.17, 15) is 14.0 Å². The van der Waals surface area contributed by atoms with Crippen LogP contribution in [-0.4, -0.2) is 23.4 Å². The van der Waals surface area contributed by atoms with E-state index >= 15 is 0 Å². The second-order valence-electron chi connectivity index (χ2n) is 5.50. The highest BCUT2D eigenvalue weighted by Gasteiger charge is 2.11. The molecule has 1 heterocycles. The summed E-state index contributed by atoms with van der Waals surface area (Å²) in [6.45, 7) is -0.376. The summed E-state index contributed by atoms with van der Waals surface area (Å²) in [5, 5.41) is 1.00. The summed E-state index contributed by atoms with van der Waals surface area (Å²) >= 11 is 5.80. The minimum absolute atomic E-state index is 0.0566. The van der Waals surface area contributed by atoms with Crippen LogP contribution in [0, 0.1) is 5.82 Å². The van der Waals surface area contributed by atoms with Gasteiger partial charge in [0.05, 0.1) is 11.4 Å². The fraction of sp³-hybridized carbons (Fsp3) is 0.111. The molecule has 0 saturated carbocycles. The lowest BCUT2D eigenvalue weighted by Crippen LogP contribution is -2.44. The van der Waals surface area contributed by atoms with Gasteiger partial charge in [-0.25, -0.2) is 4.39 Å². The molecule has 3 N–H and O–H groups in total. The second-order valence-corrected chi connectivity index (χ2v) is 5.90. The van der Waals surface area contributed by atoms with E-state index in [0.717, 1.165) is 22.5 Å². The van der Waals surface area contributed by atoms with Gasteiger partial charge >= 0.3 is 0 Å². The van der Waals surface area contributed by atoms with Crippen molar-refractivity contribution in [3.63, 3.8) is 0 Å². The number of hydrogen-bond acceptors (Lipinski definition) is 3. The quantitative estimate of drug-likeness (QED) is 0.599. The molecule has 1 aromatic heterocycles. The van der Waals surface area contributed by atoms with E-state index < -0.39 is 11.7 Å². The molecule has 0 atom stereocenters. The molecule has 0 radical (unpaired) electrons. The Morgan fingerprint density at radius 3 is 2.69 bits per heavy atom. The molecule has 26 heavy (non-hydrogen) atoms. The van der Waals surface area contributed by atoms with Crippen LogP contribution in [0.3, 0.4) is 0 Å². The van der Waals surface area contributed by atoms with Crippen molar-refractivity contribution in [2.75, 3.05) is 6.61 Å². The number of H-pyrrole nitrogens is 1. The summed E-state index contributed by atoms with van der Waals surface area (Å²) in [5.41, 5.74) is 6.33. The van der Waals surface area contributed by atoms with Crippen molar-refractivity contribution in [1.82, 2.24) is 15.8 Å². The number of hydrazine groups is 1. The number of halogens is 2. The Balaban J connectivity index is 1.47. The van der Waals surface area contributed by atoms with Crippen LogP contribution in [0.15, 0.2) is 48.7 Å². The third kappa shape index (κ3) is 4.31. The molecule has 2 aromatic carbocycles. The van der Waals surface area contributed by atoms with E-state index in [-0.39, 0.29) is 29.7 Å². The Labute approximate surface area is 153 Å². The van der Waals surface area contributed by atoms with Crippen LogP contribution in [0.25, 0.3) is 10.9 Å². The number of para-hydroxylation sites is 1. The van der Waals surface area contributed by atoms with Crippen LogP contribution in [0.4, 0.5) is 4.39 Å². The number of carbonyl (C=O) groups excluding carboxylic acids is 2. The maximum absolute atomic E-state index is 12.9. The molecule has 6 nitrogen and oxygen atoms in total. The fourth-order valence-corrected chi connectivity index (χ4v) is 2.63. The van der Waals surface area contributed by atoms with E-state index in [4.69, 9.17) is 16.3 Å². The van der Waals surface area contributed by atoms with Crippen LogP contribution in [0.5, 0.6) is 5.75 Å². The number of aromatic nitrogens is 1. The Morgan fingerprint density at radius 2 is 1.88 bits per heavy atom. The molecule has 0 saturated heterocycles. The zero-order valence-electron chi connectivity index (χ0n) is 13.5. The first kappa shape index (κ1) is 17.8. The van der Waals surface area contributed by atoms with Crippen LogP contribution >= 0.6 is 11.6 Å². The lowest BCUT2D eigenvalue weighted by molar-refractivity contribution is -0.129. The zero-order valence-corrected chi connectivity index (χ0v) is 14.3. The molecule has 0 unspecified atom stereocenters. The van der Waals surface area contributed by atoms with Gasteiger partial charge in [0.1, 0.15) is 11.6 Å². The topological polar surface area (TPSA) is 83.2 Å². The summed E-state index contributed by atoms with van der Waals surface area (Å²) < 4.78 is 18.1. The number of fused-ring (bicyclic) bond motifs is 1. The molecular formula is C18H15ClFN3O3. The third-order valence-electron chi connectivity index (χ3n) is 3.62. The predicted octanol–water partition coefficient (Wildman–Crippen LogP) is 2.73. The molecule has 8 heteroatoms. The van der Waals surface area contributed by atoms with Crippen molar-refractivity contribution in [3.05, 3.63) is 65.1 Å². The van der Waals surface area contributed by atoms with Gasteiger partial charge in [-0.2, -0.15) is 0 Å². The number of rotatable bonds is 5. The number of benzene rings is 2. The molecule has 0 aliphatic rings. The molecule has 0 aliphatic carbocycles. The third-order valence-corrected chi connectivity index (χ3v) is 3.92. The van der Waals surface area contributed by atoms with Gasteiger partial charge < -0.3 is 9.72 Å². The lowest BCUT2D eigenvalue weighted by atomic mass is 10.1. The smallest absolute Gasteiger partial charge is 0.276 e. The average Bonchev–Trinajstić information content (AvgIpc) is 3.02. The molecular weight excluding hydrogens is 361 g/mol. The summed E-state index contributed by atoms with van der Waals surface area (Å²) in [7, 11) is 0. The van der Waals surface area contributed by atoms with Gasteiger partial charge in [-0.05, 0) is 29.8 Å². The summed E-state index contributed by atoms with van der Waals surface area (Å²) in [6, 6.07) is 11.2. The Bertz CT molecular complexity index is 958. The number of ether oxygens (including phenoxy) is 1. The highest BCUT2D eigenvalue weighted by Crippen LogP contribution is 2.24. The van der Waals surface area contributed by atoms with E-state index in [0.29, 0.717) is 0 Å². The first-order valence-corrected chi connectivity index (χ1v) is 8.11. The van der Waals surface area contributed by atoms with Crippen LogP contribution in [0.1, 0.15) is 5.56 Å². The van der Waals surface area contributed by atoms with E-state index in [1.54, 1.807) is 6.20 Å². The molecule has 3 rings (SSSR count). The molecule has 0 fully saturated rings. The number of hydrogen-bond donors (Lipinski definition) is 3. The van der Waals surface area contributed by atoms with Crippen molar-refractivity contribution >= 4 is 34.3 Å². The second kappa shape index (κ2) is 7.88. The largest absolute Gasteiger partial charge is 0.482 e. The lowest BCUT2D eigenvalue weighted by Gasteiger charge is -2.09. The number of amides is 2. The van der Waals surface area contributed by atoms with Gasteiger partial charge in [0.25, 0.3) is 5.91 Å². The van der Waals surface area contributed by atoms with Gasteiger partial charge in [0.15, 0.2) is 6.61 Å². The van der Waals surface area contributed by atoms with Crippen molar-refractivity contribution in [1.29, 1.82) is 0 Å². The molecule has 2 amide bonds. The van der Waals surface area contributed by atoms with Crippen molar-refractivity contribution < 1.29 is 18.7 Å². The summed E-state index contributed by atoms with van der Waals surface area (Å²) in [5.74, 6) is -1.27. The molecule has 0 bridgehead atoms. The van der Waals surface area contributed by atoms with Crippen molar-refractivity contribution in [3.8, 4) is 5.75 Å². The predicted molar refractivity (Wildman–Crippen MR) is 95.2 cm³/mol. The minimum Gasteiger partial charge on any atom is -0.482 e. The van der Waals surface area contributed by atoms with Crippen LogP contribution in [0.2, 0.25) is 5.02 Å². The van der Waals surface area contributed by atoms with Crippen LogP contribution < -0.4 is 15.6 Å². The zero-order chi connectivity index (χ0) is 18.5. The molecule has 3 aromatic rings. The molecule has 0 spiro atoms.